The van der Waals surface area contributed by atoms with Crippen molar-refractivity contribution in [3.63, 3.8) is 0 Å². The largest absolute Gasteiger partial charge is 0.381 e. The Hall–Kier alpha value is -1.06. The van der Waals surface area contributed by atoms with Crippen LogP contribution in [0.3, 0.4) is 0 Å². The second-order valence-corrected chi connectivity index (χ2v) is 9.09. The lowest BCUT2D eigenvalue weighted by molar-refractivity contribution is 0.0592. The number of sulfone groups is 1. The van der Waals surface area contributed by atoms with E-state index in [0.717, 1.165) is 51.4 Å². The number of hydrogen-bond donors (Lipinski definition) is 0. The van der Waals surface area contributed by atoms with Crippen molar-refractivity contribution >= 4 is 9.84 Å². The monoisotopic (exact) mass is 357 g/mol. The van der Waals surface area contributed by atoms with Gasteiger partial charge < -0.3 is 4.74 Å². The van der Waals surface area contributed by atoms with Crippen LogP contribution in [0.15, 0.2) is 0 Å². The maximum atomic E-state index is 11.8. The molecule has 1 aromatic heterocycles. The lowest BCUT2D eigenvalue weighted by Crippen LogP contribution is -2.37. The van der Waals surface area contributed by atoms with Crippen LogP contribution >= 0.6 is 0 Å². The van der Waals surface area contributed by atoms with Crippen molar-refractivity contribution in [2.45, 2.75) is 51.7 Å². The summed E-state index contributed by atoms with van der Waals surface area (Å²) in [6.07, 6.45) is 3.78. The van der Waals surface area contributed by atoms with Crippen LogP contribution in [0, 0.1) is 5.92 Å². The summed E-state index contributed by atoms with van der Waals surface area (Å²) in [5.41, 5.74) is 0. The predicted molar refractivity (Wildman–Crippen MR) is 89.1 cm³/mol. The summed E-state index contributed by atoms with van der Waals surface area (Å²) in [6, 6.07) is 0.0863. The van der Waals surface area contributed by atoms with E-state index in [0.29, 0.717) is 24.6 Å². The molecule has 9 heteroatoms. The molecule has 0 aromatic carbocycles. The number of aromatic nitrogens is 4. The fraction of sp³-hybridized carbons (Fsp3) is 0.933. The van der Waals surface area contributed by atoms with E-state index >= 15 is 0 Å². The third-order valence-electron chi connectivity index (χ3n) is 4.96. The molecule has 0 saturated carbocycles. The zero-order valence-corrected chi connectivity index (χ0v) is 15.1. The summed E-state index contributed by atoms with van der Waals surface area (Å²) in [7, 11) is -2.88. The molecule has 0 aliphatic carbocycles. The molecule has 2 saturated heterocycles. The number of nitrogens with zero attached hydrogens (tertiary/aromatic N) is 5. The van der Waals surface area contributed by atoms with Gasteiger partial charge in [0.25, 0.3) is 0 Å². The Balaban J connectivity index is 1.65. The number of ether oxygens (including phenoxy) is 1. The molecule has 2 aliphatic rings. The van der Waals surface area contributed by atoms with Gasteiger partial charge in [-0.2, -0.15) is 0 Å². The highest BCUT2D eigenvalue weighted by molar-refractivity contribution is 7.91. The summed E-state index contributed by atoms with van der Waals surface area (Å²) in [5, 5.41) is 12.2. The van der Waals surface area contributed by atoms with E-state index in [-0.39, 0.29) is 11.8 Å². The first-order chi connectivity index (χ1) is 11.6. The fourth-order valence-electron chi connectivity index (χ4n) is 3.57. The average Bonchev–Trinajstić information content (AvgIpc) is 3.14. The number of rotatable bonds is 7. The van der Waals surface area contributed by atoms with Gasteiger partial charge >= 0.3 is 0 Å². The van der Waals surface area contributed by atoms with Crippen molar-refractivity contribution in [3.8, 4) is 0 Å². The van der Waals surface area contributed by atoms with Crippen LogP contribution in [0.5, 0.6) is 0 Å². The van der Waals surface area contributed by atoms with Crippen molar-refractivity contribution in [2.75, 3.05) is 31.3 Å². The Morgan fingerprint density at radius 2 is 2.08 bits per heavy atom. The Bertz CT molecular complexity index is 627. The average molecular weight is 357 g/mol. The van der Waals surface area contributed by atoms with Crippen LogP contribution in [-0.2, 0) is 27.7 Å². The first-order valence-electron chi connectivity index (χ1n) is 8.84. The highest BCUT2D eigenvalue weighted by atomic mass is 32.2. The van der Waals surface area contributed by atoms with Crippen molar-refractivity contribution < 1.29 is 13.2 Å². The molecule has 0 radical (unpaired) electrons. The predicted octanol–water partition coefficient (Wildman–Crippen LogP) is 0.499. The van der Waals surface area contributed by atoms with Gasteiger partial charge in [-0.3, -0.25) is 4.90 Å². The molecule has 24 heavy (non-hydrogen) atoms. The van der Waals surface area contributed by atoms with Crippen molar-refractivity contribution in [2.24, 2.45) is 5.92 Å². The zero-order valence-electron chi connectivity index (χ0n) is 14.3. The zero-order chi connectivity index (χ0) is 17.0. The first-order valence-corrected chi connectivity index (χ1v) is 10.7. The Kier molecular flexibility index (Phi) is 5.83. The van der Waals surface area contributed by atoms with Crippen LogP contribution < -0.4 is 0 Å². The fourth-order valence-corrected chi connectivity index (χ4v) is 5.34. The van der Waals surface area contributed by atoms with E-state index < -0.39 is 9.84 Å². The summed E-state index contributed by atoms with van der Waals surface area (Å²) in [5.74, 6) is 1.94. The molecule has 2 aliphatic heterocycles. The maximum absolute atomic E-state index is 11.8. The molecule has 3 heterocycles. The molecular weight excluding hydrogens is 330 g/mol. The minimum absolute atomic E-state index is 0.0863. The summed E-state index contributed by atoms with van der Waals surface area (Å²) in [4.78, 5) is 2.23. The SMILES string of the molecule is CCCN(Cc1nnnn1CC1CCOCC1)C1CCS(=O)(=O)C1. The molecule has 0 amide bonds. The summed E-state index contributed by atoms with van der Waals surface area (Å²) in [6.45, 7) is 6.03. The number of hydrogen-bond acceptors (Lipinski definition) is 7. The molecule has 1 unspecified atom stereocenters. The normalized spacial score (nSPS) is 24.7. The van der Waals surface area contributed by atoms with E-state index in [1.165, 1.54) is 0 Å². The molecule has 8 nitrogen and oxygen atoms in total. The molecule has 136 valence electrons. The van der Waals surface area contributed by atoms with E-state index in [1.807, 2.05) is 4.68 Å². The molecule has 1 aromatic rings. The third kappa shape index (κ3) is 4.52. The van der Waals surface area contributed by atoms with E-state index in [9.17, 15) is 8.42 Å². The Morgan fingerprint density at radius 3 is 2.75 bits per heavy atom. The molecule has 0 N–H and O–H groups in total. The van der Waals surface area contributed by atoms with Gasteiger partial charge in [-0.05, 0) is 48.6 Å². The van der Waals surface area contributed by atoms with Crippen LogP contribution in [0.1, 0.15) is 38.4 Å². The molecule has 2 fully saturated rings. The van der Waals surface area contributed by atoms with Crippen molar-refractivity contribution in [1.29, 1.82) is 0 Å². The number of tetrazole rings is 1. The summed E-state index contributed by atoms with van der Waals surface area (Å²) >= 11 is 0. The van der Waals surface area contributed by atoms with Crippen LogP contribution in [0.25, 0.3) is 0 Å². The van der Waals surface area contributed by atoms with E-state index in [2.05, 4.69) is 27.3 Å². The van der Waals surface area contributed by atoms with Gasteiger partial charge in [-0.1, -0.05) is 6.92 Å². The second-order valence-electron chi connectivity index (χ2n) is 6.86. The van der Waals surface area contributed by atoms with Gasteiger partial charge in [0.1, 0.15) is 0 Å². The van der Waals surface area contributed by atoms with E-state index in [1.54, 1.807) is 0 Å². The molecule has 0 spiro atoms. The minimum Gasteiger partial charge on any atom is -0.381 e. The van der Waals surface area contributed by atoms with Gasteiger partial charge in [0, 0.05) is 25.8 Å². The van der Waals surface area contributed by atoms with Gasteiger partial charge in [0.15, 0.2) is 15.7 Å². The van der Waals surface area contributed by atoms with Gasteiger partial charge in [-0.15, -0.1) is 5.10 Å². The highest BCUT2D eigenvalue weighted by Crippen LogP contribution is 2.21. The van der Waals surface area contributed by atoms with Crippen LogP contribution in [-0.4, -0.2) is 70.8 Å². The van der Waals surface area contributed by atoms with Crippen molar-refractivity contribution in [1.82, 2.24) is 25.1 Å². The topological polar surface area (TPSA) is 90.2 Å². The van der Waals surface area contributed by atoms with Gasteiger partial charge in [0.05, 0.1) is 18.1 Å². The lowest BCUT2D eigenvalue weighted by Gasteiger charge is -2.27. The third-order valence-corrected chi connectivity index (χ3v) is 6.71. The van der Waals surface area contributed by atoms with E-state index in [4.69, 9.17) is 4.74 Å². The highest BCUT2D eigenvalue weighted by Gasteiger charge is 2.32. The molecule has 0 bridgehead atoms. The van der Waals surface area contributed by atoms with Crippen LogP contribution in [0.4, 0.5) is 0 Å². The van der Waals surface area contributed by atoms with Gasteiger partial charge in [0.2, 0.25) is 0 Å². The smallest absolute Gasteiger partial charge is 0.165 e. The Labute approximate surface area is 143 Å². The first kappa shape index (κ1) is 17.8. The quantitative estimate of drug-likeness (QED) is 0.702. The lowest BCUT2D eigenvalue weighted by atomic mass is 10.0. The second kappa shape index (κ2) is 7.88. The Morgan fingerprint density at radius 1 is 1.29 bits per heavy atom. The minimum atomic E-state index is -2.88. The molecule has 3 rings (SSSR count). The van der Waals surface area contributed by atoms with Crippen molar-refractivity contribution in [3.05, 3.63) is 5.82 Å². The standard InChI is InChI=1S/C15H27N5O3S/c1-2-6-19(14-5-9-24(21,22)12-14)11-15-16-17-18-20(15)10-13-3-7-23-8-4-13/h13-14H,2-12H2,1H3. The molecule has 1 atom stereocenters. The summed E-state index contributed by atoms with van der Waals surface area (Å²) < 4.78 is 30.9. The molecular formula is C15H27N5O3S. The van der Waals surface area contributed by atoms with Gasteiger partial charge in [-0.25, -0.2) is 13.1 Å². The maximum Gasteiger partial charge on any atom is 0.165 e. The van der Waals surface area contributed by atoms with Crippen LogP contribution in [0.2, 0.25) is 0 Å².